The molecule has 78 valence electrons. The topological polar surface area (TPSA) is 46.1 Å². The molecular formula is C11H13N3O. The van der Waals surface area contributed by atoms with E-state index < -0.39 is 0 Å². The molecule has 1 heterocycles. The Morgan fingerprint density at radius 1 is 1.60 bits per heavy atom. The molecule has 0 fully saturated rings. The van der Waals surface area contributed by atoms with Crippen LogP contribution in [-0.4, -0.2) is 33.9 Å². The number of amides is 1. The van der Waals surface area contributed by atoms with Crippen molar-refractivity contribution in [3.05, 3.63) is 24.3 Å². The average molecular weight is 203 g/mol. The predicted octanol–water partition coefficient (Wildman–Crippen LogP) is 0.962. The third-order valence-electron chi connectivity index (χ3n) is 1.85. The first-order valence-corrected chi connectivity index (χ1v) is 4.78. The molecule has 0 saturated carbocycles. The van der Waals surface area contributed by atoms with Gasteiger partial charge < -0.3 is 4.90 Å². The quantitative estimate of drug-likeness (QED) is 0.685. The standard InChI is InChI=1S/C11H13N3O/c1-3-7-14(8-4-2)11(15)10-9-12-5-6-13-10/h1,5-6,9H,4,7-8H2,2H3. The number of hydrogen-bond donors (Lipinski definition) is 0. The van der Waals surface area contributed by atoms with Crippen molar-refractivity contribution in [1.29, 1.82) is 0 Å². The van der Waals surface area contributed by atoms with E-state index in [0.29, 0.717) is 18.8 Å². The fraction of sp³-hybridized carbons (Fsp3) is 0.364. The van der Waals surface area contributed by atoms with Crippen molar-refractivity contribution in [1.82, 2.24) is 14.9 Å². The normalized spacial score (nSPS) is 9.33. The van der Waals surface area contributed by atoms with E-state index in [0.717, 1.165) is 6.42 Å². The van der Waals surface area contributed by atoms with Crippen LogP contribution < -0.4 is 0 Å². The Kier molecular flexibility index (Phi) is 4.30. The van der Waals surface area contributed by atoms with Crippen LogP contribution in [0.4, 0.5) is 0 Å². The van der Waals surface area contributed by atoms with Crippen molar-refractivity contribution in [2.45, 2.75) is 13.3 Å². The largest absolute Gasteiger partial charge is 0.326 e. The highest BCUT2D eigenvalue weighted by Gasteiger charge is 2.14. The van der Waals surface area contributed by atoms with E-state index in [1.54, 1.807) is 4.90 Å². The highest BCUT2D eigenvalue weighted by Crippen LogP contribution is 2.00. The molecule has 0 spiro atoms. The first-order valence-electron chi connectivity index (χ1n) is 4.78. The van der Waals surface area contributed by atoms with Gasteiger partial charge in [-0.2, -0.15) is 0 Å². The van der Waals surface area contributed by atoms with Gasteiger partial charge in [0.15, 0.2) is 0 Å². The smallest absolute Gasteiger partial charge is 0.274 e. The number of carbonyl (C=O) groups is 1. The first-order chi connectivity index (χ1) is 7.29. The lowest BCUT2D eigenvalue weighted by Gasteiger charge is -2.18. The average Bonchev–Trinajstić information content (AvgIpc) is 2.29. The van der Waals surface area contributed by atoms with Crippen LogP contribution in [0.25, 0.3) is 0 Å². The van der Waals surface area contributed by atoms with E-state index in [9.17, 15) is 4.79 Å². The van der Waals surface area contributed by atoms with Crippen LogP contribution >= 0.6 is 0 Å². The van der Waals surface area contributed by atoms with Crippen LogP contribution in [-0.2, 0) is 0 Å². The Balaban J connectivity index is 2.77. The highest BCUT2D eigenvalue weighted by molar-refractivity contribution is 5.92. The van der Waals surface area contributed by atoms with Crippen LogP contribution in [0, 0.1) is 12.3 Å². The molecule has 1 aromatic heterocycles. The molecule has 1 amide bonds. The summed E-state index contributed by atoms with van der Waals surface area (Å²) in [6.07, 6.45) is 10.5. The molecule has 0 radical (unpaired) electrons. The van der Waals surface area contributed by atoms with E-state index in [1.807, 2.05) is 6.92 Å². The molecule has 4 heteroatoms. The van der Waals surface area contributed by atoms with Crippen molar-refractivity contribution in [2.24, 2.45) is 0 Å². The van der Waals surface area contributed by atoms with Crippen LogP contribution in [0.5, 0.6) is 0 Å². The van der Waals surface area contributed by atoms with E-state index in [4.69, 9.17) is 6.42 Å². The summed E-state index contributed by atoms with van der Waals surface area (Å²) in [4.78, 5) is 21.2. The summed E-state index contributed by atoms with van der Waals surface area (Å²) in [6.45, 7) is 2.94. The summed E-state index contributed by atoms with van der Waals surface area (Å²) in [6, 6.07) is 0. The minimum absolute atomic E-state index is 0.164. The van der Waals surface area contributed by atoms with Crippen molar-refractivity contribution >= 4 is 5.91 Å². The molecule has 0 N–H and O–H groups in total. The Labute approximate surface area is 89.3 Å². The molecule has 0 atom stereocenters. The number of terminal acetylenes is 1. The second-order valence-corrected chi connectivity index (χ2v) is 3.02. The number of carbonyl (C=O) groups excluding carboxylic acids is 1. The van der Waals surface area contributed by atoms with Gasteiger partial charge >= 0.3 is 0 Å². The highest BCUT2D eigenvalue weighted by atomic mass is 16.2. The lowest BCUT2D eigenvalue weighted by molar-refractivity contribution is 0.0770. The molecule has 0 aliphatic carbocycles. The van der Waals surface area contributed by atoms with Gasteiger partial charge in [-0.05, 0) is 6.42 Å². The van der Waals surface area contributed by atoms with Gasteiger partial charge in [0, 0.05) is 18.9 Å². The summed E-state index contributed by atoms with van der Waals surface area (Å²) < 4.78 is 0. The van der Waals surface area contributed by atoms with Gasteiger partial charge in [-0.1, -0.05) is 12.8 Å². The molecule has 1 rings (SSSR count). The molecule has 15 heavy (non-hydrogen) atoms. The second kappa shape index (κ2) is 5.76. The summed E-state index contributed by atoms with van der Waals surface area (Å²) in [5, 5.41) is 0. The lowest BCUT2D eigenvalue weighted by atomic mass is 10.3. The van der Waals surface area contributed by atoms with Gasteiger partial charge in [-0.3, -0.25) is 9.78 Å². The van der Waals surface area contributed by atoms with Gasteiger partial charge in [-0.25, -0.2) is 4.98 Å². The van der Waals surface area contributed by atoms with Crippen LogP contribution in [0.3, 0.4) is 0 Å². The third-order valence-corrected chi connectivity index (χ3v) is 1.85. The second-order valence-electron chi connectivity index (χ2n) is 3.02. The van der Waals surface area contributed by atoms with Gasteiger partial charge in [0.2, 0.25) is 0 Å². The third kappa shape index (κ3) is 3.06. The summed E-state index contributed by atoms with van der Waals surface area (Å²) >= 11 is 0. The Morgan fingerprint density at radius 2 is 2.40 bits per heavy atom. The van der Waals surface area contributed by atoms with Crippen molar-refractivity contribution in [2.75, 3.05) is 13.1 Å². The van der Waals surface area contributed by atoms with E-state index in [-0.39, 0.29) is 5.91 Å². The minimum Gasteiger partial charge on any atom is -0.326 e. The number of hydrogen-bond acceptors (Lipinski definition) is 3. The zero-order valence-corrected chi connectivity index (χ0v) is 8.68. The summed E-state index contributed by atoms with van der Waals surface area (Å²) in [7, 11) is 0. The van der Waals surface area contributed by atoms with Gasteiger partial charge in [0.05, 0.1) is 12.7 Å². The summed E-state index contributed by atoms with van der Waals surface area (Å²) in [5.74, 6) is 2.30. The summed E-state index contributed by atoms with van der Waals surface area (Å²) in [5.41, 5.74) is 0.334. The zero-order chi connectivity index (χ0) is 11.1. The maximum Gasteiger partial charge on any atom is 0.274 e. The molecule has 0 bridgehead atoms. The molecule has 0 aliphatic rings. The number of aromatic nitrogens is 2. The van der Waals surface area contributed by atoms with E-state index in [1.165, 1.54) is 18.6 Å². The maximum absolute atomic E-state index is 11.9. The molecule has 0 aliphatic heterocycles. The van der Waals surface area contributed by atoms with Crippen molar-refractivity contribution in [3.63, 3.8) is 0 Å². The zero-order valence-electron chi connectivity index (χ0n) is 8.68. The Morgan fingerprint density at radius 3 is 2.93 bits per heavy atom. The first kappa shape index (κ1) is 11.2. The SMILES string of the molecule is C#CCN(CCC)C(=O)c1cnccn1. The molecular weight excluding hydrogens is 190 g/mol. The van der Waals surface area contributed by atoms with E-state index >= 15 is 0 Å². The van der Waals surface area contributed by atoms with E-state index in [2.05, 4.69) is 15.9 Å². The Hall–Kier alpha value is -1.89. The molecule has 4 nitrogen and oxygen atoms in total. The Bertz CT molecular complexity index is 356. The monoisotopic (exact) mass is 203 g/mol. The fourth-order valence-corrected chi connectivity index (χ4v) is 1.20. The molecule has 0 unspecified atom stereocenters. The lowest BCUT2D eigenvalue weighted by Crippen LogP contribution is -2.32. The predicted molar refractivity (Wildman–Crippen MR) is 57.1 cm³/mol. The van der Waals surface area contributed by atoms with Crippen LogP contribution in [0.15, 0.2) is 18.6 Å². The van der Waals surface area contributed by atoms with Gasteiger partial charge in [-0.15, -0.1) is 6.42 Å². The minimum atomic E-state index is -0.164. The maximum atomic E-state index is 11.9. The van der Waals surface area contributed by atoms with Gasteiger partial charge in [0.25, 0.3) is 5.91 Å². The van der Waals surface area contributed by atoms with Gasteiger partial charge in [0.1, 0.15) is 5.69 Å². The number of nitrogens with zero attached hydrogens (tertiary/aromatic N) is 3. The van der Waals surface area contributed by atoms with Crippen LogP contribution in [0.1, 0.15) is 23.8 Å². The van der Waals surface area contributed by atoms with Crippen molar-refractivity contribution in [3.8, 4) is 12.3 Å². The van der Waals surface area contributed by atoms with Crippen LogP contribution in [0.2, 0.25) is 0 Å². The number of rotatable bonds is 4. The fourth-order valence-electron chi connectivity index (χ4n) is 1.20. The molecule has 0 aromatic carbocycles. The van der Waals surface area contributed by atoms with Crippen molar-refractivity contribution < 1.29 is 4.79 Å². The molecule has 0 saturated heterocycles. The molecule has 1 aromatic rings.